The Morgan fingerprint density at radius 1 is 0.762 bits per heavy atom. The largest absolute Gasteiger partial charge is 0.465 e. The molecule has 3 aliphatic heterocycles. The van der Waals surface area contributed by atoms with Gasteiger partial charge in [0.15, 0.2) is 0 Å². The third-order valence-corrected chi connectivity index (χ3v) is 10.3. The molecule has 232 valence electrons. The molecule has 0 aromatic heterocycles. The predicted octanol–water partition coefficient (Wildman–Crippen LogP) is 0.784. The van der Waals surface area contributed by atoms with Crippen molar-refractivity contribution in [3.05, 3.63) is 0 Å². The average Bonchev–Trinajstić information content (AvgIpc) is 3.56. The number of rotatable bonds is 1. The van der Waals surface area contributed by atoms with Gasteiger partial charge in [0.25, 0.3) is 6.29 Å². The zero-order valence-corrected chi connectivity index (χ0v) is 26.0. The molecule has 3 saturated carbocycles. The number of fused-ring (bicyclic) bond motifs is 3. The number of ketones is 3. The second-order valence-corrected chi connectivity index (χ2v) is 14.3. The Bertz CT molecular complexity index is 1180. The van der Waals surface area contributed by atoms with E-state index in [0.717, 1.165) is 0 Å². The van der Waals surface area contributed by atoms with E-state index in [-0.39, 0.29) is 83.6 Å². The molecule has 6 fully saturated rings. The Balaban J connectivity index is 0.000000164. The molecule has 3 aliphatic carbocycles. The number of aliphatic hydroxyl groups excluding tert-OH is 1. The summed E-state index contributed by atoms with van der Waals surface area (Å²) < 4.78 is 19.3. The molecule has 0 spiro atoms. The van der Waals surface area contributed by atoms with Crippen LogP contribution in [0.25, 0.3) is 0 Å². The van der Waals surface area contributed by atoms with Gasteiger partial charge in [-0.2, -0.15) is 0 Å². The van der Waals surface area contributed by atoms with Gasteiger partial charge in [0, 0.05) is 97.4 Å². The van der Waals surface area contributed by atoms with Crippen LogP contribution < -0.4 is 0 Å². The fourth-order valence-corrected chi connectivity index (χ4v) is 5.97. The van der Waals surface area contributed by atoms with E-state index in [1.165, 1.54) is 24.7 Å². The number of aliphatic hydroxyl groups is 1. The van der Waals surface area contributed by atoms with Crippen molar-refractivity contribution in [3.8, 4) is 0 Å². The standard InChI is InChI=1S/C10H12O5.C8H10O4.C8H10O3.S4/c1-5(11)14-10-8-4-6(12)2-3-7(8)9(13)15-10;9-4-1-2-5-6(3-4)8(11)12-7(5)10;9-6-1-2-7-5(3-6)4-11-8(7)10;1-3-4-2/h7-8,10H,2-4H2,1H3;5-6,8,11H,1-3H2;5,7H,1-4H2;/t7-,8+,10+;5-,6+,8?;5-,7-;/m111./s1. The number of ether oxygens (including phenoxy) is 4. The Morgan fingerprint density at radius 2 is 1.26 bits per heavy atom. The summed E-state index contributed by atoms with van der Waals surface area (Å²) in [7, 11) is 2.34. The van der Waals surface area contributed by atoms with E-state index in [4.69, 9.17) is 14.2 Å². The zero-order valence-electron chi connectivity index (χ0n) is 22.8. The van der Waals surface area contributed by atoms with E-state index in [2.05, 4.69) is 27.1 Å². The molecular formula is C26H32O12S4. The molecule has 42 heavy (non-hydrogen) atoms. The number of carbonyl (C=O) groups excluding carboxylic acids is 7. The first-order chi connectivity index (χ1) is 19.9. The summed E-state index contributed by atoms with van der Waals surface area (Å²) in [5.74, 6) is -1.61. The molecule has 1 unspecified atom stereocenters. The molecular weight excluding hydrogens is 633 g/mol. The minimum atomic E-state index is -1.05. The van der Waals surface area contributed by atoms with Crippen molar-refractivity contribution in [1.82, 2.24) is 0 Å². The van der Waals surface area contributed by atoms with Crippen molar-refractivity contribution in [2.75, 3.05) is 6.61 Å². The first kappa shape index (κ1) is 34.2. The predicted molar refractivity (Wildman–Crippen MR) is 152 cm³/mol. The lowest BCUT2D eigenvalue weighted by Crippen LogP contribution is -2.31. The smallest absolute Gasteiger partial charge is 0.312 e. The molecule has 1 N–H and O–H groups in total. The topological polar surface area (TPSA) is 177 Å². The van der Waals surface area contributed by atoms with E-state index >= 15 is 0 Å². The van der Waals surface area contributed by atoms with Gasteiger partial charge in [-0.05, 0) is 19.3 Å². The molecule has 3 heterocycles. The van der Waals surface area contributed by atoms with E-state index in [0.29, 0.717) is 51.6 Å². The second-order valence-electron chi connectivity index (χ2n) is 10.8. The number of carbonyl (C=O) groups is 7. The summed E-state index contributed by atoms with van der Waals surface area (Å²) in [4.78, 5) is 77.3. The van der Waals surface area contributed by atoms with Crippen LogP contribution in [0.5, 0.6) is 0 Å². The monoisotopic (exact) mass is 664 g/mol. The van der Waals surface area contributed by atoms with Crippen molar-refractivity contribution < 1.29 is 57.6 Å². The van der Waals surface area contributed by atoms with Crippen LogP contribution in [0.1, 0.15) is 64.7 Å². The van der Waals surface area contributed by atoms with Crippen LogP contribution in [0.15, 0.2) is 0 Å². The first-order valence-electron chi connectivity index (χ1n) is 13.5. The molecule has 12 nitrogen and oxygen atoms in total. The minimum absolute atomic E-state index is 0.0349. The molecule has 0 aromatic carbocycles. The van der Waals surface area contributed by atoms with Crippen LogP contribution in [0, 0.1) is 35.5 Å². The fourth-order valence-electron chi connectivity index (χ4n) is 5.97. The summed E-state index contributed by atoms with van der Waals surface area (Å²) in [5, 5.41) is 9.22. The van der Waals surface area contributed by atoms with Crippen LogP contribution in [0.3, 0.4) is 0 Å². The van der Waals surface area contributed by atoms with Gasteiger partial charge in [-0.1, -0.05) is 0 Å². The molecule has 6 aliphatic rings. The highest BCUT2D eigenvalue weighted by atomic mass is 33.2. The fraction of sp³-hybridized carbons (Fsp3) is 0.731. The van der Waals surface area contributed by atoms with E-state index < -0.39 is 18.5 Å². The van der Waals surface area contributed by atoms with Crippen molar-refractivity contribution in [1.29, 1.82) is 0 Å². The van der Waals surface area contributed by atoms with Crippen LogP contribution in [0.4, 0.5) is 0 Å². The SMILES string of the molecule is CC(=O)O[C@H]1OC(=O)[C@@H]2CCC(=O)C[C@H]12.O=C1CC[C@H]2C(=O)OC(O)[C@H]2C1.O=C1CC[C@H]2C(=O)OC[C@H]2C1.S=S=S=S. The number of Topliss-reactive ketones (excluding diaryl/α,β-unsaturated/α-hetero) is 3. The van der Waals surface area contributed by atoms with Gasteiger partial charge in [-0.15, -0.1) is 0 Å². The second kappa shape index (κ2) is 16.0. The maximum atomic E-state index is 11.4. The summed E-state index contributed by atoms with van der Waals surface area (Å²) in [6.07, 6.45) is 2.41. The van der Waals surface area contributed by atoms with Crippen molar-refractivity contribution in [3.63, 3.8) is 0 Å². The maximum absolute atomic E-state index is 11.4. The van der Waals surface area contributed by atoms with Crippen molar-refractivity contribution >= 4 is 81.4 Å². The summed E-state index contributed by atoms with van der Waals surface area (Å²) in [5.41, 5.74) is 0. The lowest BCUT2D eigenvalue weighted by atomic mass is 9.80. The van der Waals surface area contributed by atoms with Gasteiger partial charge >= 0.3 is 23.9 Å². The summed E-state index contributed by atoms with van der Waals surface area (Å²) >= 11 is 8.66. The summed E-state index contributed by atoms with van der Waals surface area (Å²) in [6.45, 7) is 1.72. The molecule has 6 rings (SSSR count). The number of hydrogen-bond donors (Lipinski definition) is 1. The van der Waals surface area contributed by atoms with Gasteiger partial charge < -0.3 is 24.1 Å². The average molecular weight is 665 g/mol. The lowest BCUT2D eigenvalue weighted by Gasteiger charge is -2.23. The van der Waals surface area contributed by atoms with Gasteiger partial charge in [-0.3, -0.25) is 33.6 Å². The number of esters is 4. The maximum Gasteiger partial charge on any atom is 0.312 e. The van der Waals surface area contributed by atoms with Gasteiger partial charge in [-0.25, -0.2) is 0 Å². The molecule has 8 atom stereocenters. The molecule has 0 aromatic rings. The molecule has 3 saturated heterocycles. The minimum Gasteiger partial charge on any atom is -0.465 e. The third kappa shape index (κ3) is 9.11. The number of hydrogen-bond acceptors (Lipinski definition) is 14. The van der Waals surface area contributed by atoms with Gasteiger partial charge in [0.05, 0.1) is 30.3 Å². The molecule has 16 heteroatoms. The van der Waals surface area contributed by atoms with Crippen molar-refractivity contribution in [2.45, 2.75) is 77.3 Å². The highest BCUT2D eigenvalue weighted by molar-refractivity contribution is 8.51. The highest BCUT2D eigenvalue weighted by Gasteiger charge is 2.49. The van der Waals surface area contributed by atoms with Gasteiger partial charge in [0.2, 0.25) is 6.29 Å². The Morgan fingerprint density at radius 3 is 1.83 bits per heavy atom. The van der Waals surface area contributed by atoms with Crippen LogP contribution >= 0.6 is 0 Å². The highest BCUT2D eigenvalue weighted by Crippen LogP contribution is 2.39. The van der Waals surface area contributed by atoms with E-state index in [9.17, 15) is 38.7 Å². The normalized spacial score (nSPS) is 34.1. The quantitative estimate of drug-likeness (QED) is 0.307. The molecule has 0 bridgehead atoms. The van der Waals surface area contributed by atoms with Crippen LogP contribution in [-0.4, -0.2) is 65.5 Å². The Labute approximate surface area is 257 Å². The third-order valence-electron chi connectivity index (χ3n) is 8.06. The zero-order chi connectivity index (χ0) is 31.0. The lowest BCUT2D eigenvalue weighted by molar-refractivity contribution is -0.180. The molecule has 0 radical (unpaired) electrons. The van der Waals surface area contributed by atoms with E-state index in [1.54, 1.807) is 0 Å². The first-order valence-corrected chi connectivity index (χ1v) is 17.5. The van der Waals surface area contributed by atoms with E-state index in [1.807, 2.05) is 0 Å². The molecule has 0 amide bonds. The summed E-state index contributed by atoms with van der Waals surface area (Å²) in [6, 6.07) is 0. The van der Waals surface area contributed by atoms with Crippen molar-refractivity contribution in [2.24, 2.45) is 35.5 Å². The van der Waals surface area contributed by atoms with Gasteiger partial charge in [0.1, 0.15) is 17.3 Å². The Kier molecular flexibility index (Phi) is 13.0. The van der Waals surface area contributed by atoms with Crippen LogP contribution in [0.2, 0.25) is 0 Å². The van der Waals surface area contributed by atoms with Crippen LogP contribution in [-0.2, 0) is 92.6 Å². The Hall–Kier alpha value is -2.27. The number of cyclic esters (lactones) is 3.